The molecule has 0 bridgehead atoms. The molecule has 0 aliphatic rings. The third-order valence-corrected chi connectivity index (χ3v) is 4.40. The fourth-order valence-electron chi connectivity index (χ4n) is 2.93. The minimum Gasteiger partial charge on any atom is -0.424 e. The summed E-state index contributed by atoms with van der Waals surface area (Å²) >= 11 is 0. The number of aromatic nitrogens is 6. The number of hydrogen-bond donors (Lipinski definition) is 1. The van der Waals surface area contributed by atoms with E-state index in [-0.39, 0.29) is 11.9 Å². The Labute approximate surface area is 172 Å². The van der Waals surface area contributed by atoms with Gasteiger partial charge in [-0.15, -0.1) is 5.10 Å². The highest BCUT2D eigenvalue weighted by atomic mass is 16.5. The highest BCUT2D eigenvalue weighted by Crippen LogP contribution is 2.22. The molecule has 9 nitrogen and oxygen atoms in total. The lowest BCUT2D eigenvalue weighted by Gasteiger charge is -2.18. The molecule has 2 aromatic carbocycles. The molecule has 0 fully saturated rings. The largest absolute Gasteiger partial charge is 0.424 e. The van der Waals surface area contributed by atoms with Gasteiger partial charge in [0.2, 0.25) is 5.91 Å². The molecule has 150 valence electrons. The van der Waals surface area contributed by atoms with Gasteiger partial charge in [-0.1, -0.05) is 30.3 Å². The highest BCUT2D eigenvalue weighted by molar-refractivity contribution is 5.93. The Morgan fingerprint density at radius 1 is 1.03 bits per heavy atom. The van der Waals surface area contributed by atoms with Crippen LogP contribution < -0.4 is 10.1 Å². The van der Waals surface area contributed by atoms with Crippen LogP contribution in [0.1, 0.15) is 17.4 Å². The number of tetrazole rings is 1. The molecule has 4 aromatic rings. The molecule has 30 heavy (non-hydrogen) atoms. The van der Waals surface area contributed by atoms with Gasteiger partial charge in [-0.05, 0) is 53.2 Å². The van der Waals surface area contributed by atoms with Crippen LogP contribution in [0.25, 0.3) is 0 Å². The van der Waals surface area contributed by atoms with E-state index in [1.807, 2.05) is 30.3 Å². The molecule has 0 saturated carbocycles. The highest BCUT2D eigenvalue weighted by Gasteiger charge is 2.24. The minimum absolute atomic E-state index is 0.214. The number of rotatable bonds is 7. The van der Waals surface area contributed by atoms with Crippen molar-refractivity contribution in [2.24, 2.45) is 0 Å². The van der Waals surface area contributed by atoms with Gasteiger partial charge < -0.3 is 10.1 Å². The van der Waals surface area contributed by atoms with E-state index in [9.17, 15) is 4.79 Å². The van der Waals surface area contributed by atoms with Gasteiger partial charge in [0.15, 0.2) is 0 Å². The quantitative estimate of drug-likeness (QED) is 0.507. The fourth-order valence-corrected chi connectivity index (χ4v) is 2.93. The predicted octanol–water partition coefficient (Wildman–Crippen LogP) is 2.99. The first kappa shape index (κ1) is 19.2. The van der Waals surface area contributed by atoms with Gasteiger partial charge in [0, 0.05) is 24.5 Å². The normalized spacial score (nSPS) is 11.6. The van der Waals surface area contributed by atoms with Gasteiger partial charge in [0.05, 0.1) is 0 Å². The minimum atomic E-state index is -0.587. The van der Waals surface area contributed by atoms with E-state index in [0.717, 1.165) is 5.56 Å². The van der Waals surface area contributed by atoms with Crippen LogP contribution in [-0.4, -0.2) is 36.1 Å². The summed E-state index contributed by atoms with van der Waals surface area (Å²) in [6.07, 6.45) is 3.67. The van der Waals surface area contributed by atoms with Gasteiger partial charge in [0.1, 0.15) is 17.6 Å². The van der Waals surface area contributed by atoms with E-state index >= 15 is 0 Å². The van der Waals surface area contributed by atoms with Crippen molar-refractivity contribution in [3.63, 3.8) is 0 Å². The summed E-state index contributed by atoms with van der Waals surface area (Å²) in [4.78, 5) is 21.1. The Balaban J connectivity index is 1.48. The lowest BCUT2D eigenvalue weighted by atomic mass is 10.1. The number of ether oxygens (including phenoxy) is 1. The van der Waals surface area contributed by atoms with Gasteiger partial charge in [-0.2, -0.15) is 0 Å². The summed E-state index contributed by atoms with van der Waals surface area (Å²) in [6, 6.07) is 18.1. The first-order valence-corrected chi connectivity index (χ1v) is 9.33. The monoisotopic (exact) mass is 401 g/mol. The van der Waals surface area contributed by atoms with E-state index in [2.05, 4.69) is 30.8 Å². The summed E-state index contributed by atoms with van der Waals surface area (Å²) in [7, 11) is 0. The zero-order valence-electron chi connectivity index (χ0n) is 16.2. The third-order valence-electron chi connectivity index (χ3n) is 4.40. The van der Waals surface area contributed by atoms with Crippen LogP contribution in [0.3, 0.4) is 0 Å². The molecule has 0 aliphatic heterocycles. The third kappa shape index (κ3) is 4.64. The average molecular weight is 401 g/mol. The van der Waals surface area contributed by atoms with Crippen molar-refractivity contribution in [1.82, 2.24) is 30.2 Å². The summed E-state index contributed by atoms with van der Waals surface area (Å²) in [5.41, 5.74) is 1.64. The molecule has 1 amide bonds. The van der Waals surface area contributed by atoms with Gasteiger partial charge in [-0.25, -0.2) is 14.6 Å². The number of benzene rings is 2. The molecular formula is C21H19N7O2. The zero-order chi connectivity index (χ0) is 20.8. The van der Waals surface area contributed by atoms with Crippen LogP contribution >= 0.6 is 0 Å². The molecule has 0 radical (unpaired) electrons. The first-order valence-electron chi connectivity index (χ1n) is 9.33. The van der Waals surface area contributed by atoms with E-state index in [1.54, 1.807) is 49.6 Å². The van der Waals surface area contributed by atoms with E-state index in [4.69, 9.17) is 4.74 Å². The second kappa shape index (κ2) is 8.91. The van der Waals surface area contributed by atoms with Crippen LogP contribution in [0.4, 0.5) is 5.69 Å². The molecule has 4 rings (SSSR count). The molecular weight excluding hydrogens is 382 g/mol. The molecule has 0 unspecified atom stereocenters. The summed E-state index contributed by atoms with van der Waals surface area (Å²) < 4.78 is 7.11. The molecule has 0 saturated heterocycles. The molecule has 0 spiro atoms. The van der Waals surface area contributed by atoms with Crippen molar-refractivity contribution in [3.8, 4) is 11.8 Å². The number of aryl methyl sites for hydroxylation is 1. The van der Waals surface area contributed by atoms with Crippen molar-refractivity contribution in [1.29, 1.82) is 0 Å². The van der Waals surface area contributed by atoms with Crippen LogP contribution in [0.15, 0.2) is 73.1 Å². The number of hydrogen-bond acceptors (Lipinski definition) is 7. The van der Waals surface area contributed by atoms with Crippen molar-refractivity contribution in [2.45, 2.75) is 19.4 Å². The Kier molecular flexibility index (Phi) is 5.70. The lowest BCUT2D eigenvalue weighted by Crippen LogP contribution is -2.29. The van der Waals surface area contributed by atoms with E-state index in [1.165, 1.54) is 4.68 Å². The van der Waals surface area contributed by atoms with Crippen molar-refractivity contribution < 1.29 is 9.53 Å². The smallest absolute Gasteiger partial charge is 0.321 e. The van der Waals surface area contributed by atoms with Gasteiger partial charge in [-0.3, -0.25) is 4.79 Å². The SMILES string of the molecule is Cc1nnnn1[C@@H](Cc1ccccc1)C(=O)Nc1ccc(Oc2ncccn2)cc1. The average Bonchev–Trinajstić information content (AvgIpc) is 3.20. The lowest BCUT2D eigenvalue weighted by molar-refractivity contribution is -0.119. The molecule has 1 N–H and O–H groups in total. The molecule has 2 aromatic heterocycles. The maximum absolute atomic E-state index is 13.1. The van der Waals surface area contributed by atoms with Crippen molar-refractivity contribution >= 4 is 11.6 Å². The zero-order valence-corrected chi connectivity index (χ0v) is 16.2. The van der Waals surface area contributed by atoms with Gasteiger partial charge in [0.25, 0.3) is 0 Å². The Morgan fingerprint density at radius 2 is 1.77 bits per heavy atom. The second-order valence-corrected chi connectivity index (χ2v) is 6.52. The molecule has 1 atom stereocenters. The molecule has 0 aliphatic carbocycles. The van der Waals surface area contributed by atoms with Crippen LogP contribution in [0.5, 0.6) is 11.8 Å². The predicted molar refractivity (Wildman–Crippen MR) is 109 cm³/mol. The summed E-state index contributed by atoms with van der Waals surface area (Å²) in [5, 5.41) is 14.5. The van der Waals surface area contributed by atoms with E-state index in [0.29, 0.717) is 23.7 Å². The standard InChI is InChI=1S/C21H19N7O2/c1-15-25-26-27-28(15)19(14-16-6-3-2-4-7-16)20(29)24-17-8-10-18(11-9-17)30-21-22-12-5-13-23-21/h2-13,19H,14H2,1H3,(H,24,29)/t19-/m0/s1. The van der Waals surface area contributed by atoms with E-state index < -0.39 is 6.04 Å². The molecule has 2 heterocycles. The number of nitrogens with one attached hydrogen (secondary N) is 1. The number of anilines is 1. The first-order chi connectivity index (χ1) is 14.7. The number of carbonyl (C=O) groups is 1. The topological polar surface area (TPSA) is 108 Å². The number of amides is 1. The fraction of sp³-hybridized carbons (Fsp3) is 0.143. The number of carbonyl (C=O) groups excluding carboxylic acids is 1. The Hall–Kier alpha value is -4.14. The van der Waals surface area contributed by atoms with Crippen LogP contribution in [-0.2, 0) is 11.2 Å². The maximum Gasteiger partial charge on any atom is 0.321 e. The summed E-state index contributed by atoms with van der Waals surface area (Å²) in [6.45, 7) is 1.77. The van der Waals surface area contributed by atoms with Crippen molar-refractivity contribution in [3.05, 3.63) is 84.4 Å². The van der Waals surface area contributed by atoms with Crippen molar-refractivity contribution in [2.75, 3.05) is 5.32 Å². The Morgan fingerprint density at radius 3 is 2.43 bits per heavy atom. The second-order valence-electron chi connectivity index (χ2n) is 6.52. The molecule has 9 heteroatoms. The summed E-state index contributed by atoms with van der Waals surface area (Å²) in [5.74, 6) is 0.920. The van der Waals surface area contributed by atoms with Gasteiger partial charge >= 0.3 is 6.01 Å². The van der Waals surface area contributed by atoms with Crippen LogP contribution in [0.2, 0.25) is 0 Å². The maximum atomic E-state index is 13.1. The number of nitrogens with zero attached hydrogens (tertiary/aromatic N) is 6. The Bertz CT molecular complexity index is 1100. The van der Waals surface area contributed by atoms with Crippen LogP contribution in [0, 0.1) is 6.92 Å².